The maximum Gasteiger partial charge on any atom is 0.247 e. The predicted octanol–water partition coefficient (Wildman–Crippen LogP) is 2.91. The lowest BCUT2D eigenvalue weighted by molar-refractivity contribution is 0.128. The van der Waals surface area contributed by atoms with E-state index in [2.05, 4.69) is 4.90 Å². The topological polar surface area (TPSA) is 49.9 Å². The first-order chi connectivity index (χ1) is 12.6. The van der Waals surface area contributed by atoms with Gasteiger partial charge in [-0.25, -0.2) is 8.42 Å². The molecule has 4 rings (SSSR count). The number of hydrogen-bond acceptors (Lipinski definition) is 4. The summed E-state index contributed by atoms with van der Waals surface area (Å²) in [5, 5.41) is 0. The minimum absolute atomic E-state index is 0.180. The Kier molecular flexibility index (Phi) is 4.73. The molecule has 1 aliphatic carbocycles. The van der Waals surface area contributed by atoms with Crippen LogP contribution in [0.3, 0.4) is 0 Å². The lowest BCUT2D eigenvalue weighted by Crippen LogP contribution is -2.51. The Balaban J connectivity index is 1.72. The van der Waals surface area contributed by atoms with E-state index >= 15 is 0 Å². The smallest absolute Gasteiger partial charge is 0.247 e. The zero-order valence-corrected chi connectivity index (χ0v) is 15.7. The van der Waals surface area contributed by atoms with Gasteiger partial charge in [-0.1, -0.05) is 42.5 Å². The molecule has 1 saturated heterocycles. The van der Waals surface area contributed by atoms with Crippen molar-refractivity contribution >= 4 is 10.0 Å². The number of sulfonamides is 1. The lowest BCUT2D eigenvalue weighted by atomic mass is 10.0. The average molecular weight is 372 g/mol. The summed E-state index contributed by atoms with van der Waals surface area (Å²) in [5.74, 6) is 0.393. The van der Waals surface area contributed by atoms with E-state index in [-0.39, 0.29) is 10.9 Å². The number of ether oxygens (including phenoxy) is 1. The second kappa shape index (κ2) is 7.02. The zero-order valence-electron chi connectivity index (χ0n) is 14.9. The SMILES string of the molecule is COc1ccccc1S(=O)(=O)N1CCN(C2CC2)CC1c1ccccc1. The first-order valence-electron chi connectivity index (χ1n) is 9.05. The van der Waals surface area contributed by atoms with Crippen molar-refractivity contribution in [3.63, 3.8) is 0 Å². The third kappa shape index (κ3) is 3.24. The molecule has 6 heteroatoms. The molecule has 0 amide bonds. The minimum Gasteiger partial charge on any atom is -0.495 e. The molecule has 2 fully saturated rings. The summed E-state index contributed by atoms with van der Waals surface area (Å²) in [6.45, 7) is 2.02. The van der Waals surface area contributed by atoms with Crippen LogP contribution in [-0.4, -0.2) is 50.4 Å². The molecular formula is C20H24N2O3S. The lowest BCUT2D eigenvalue weighted by Gasteiger charge is -2.41. The van der Waals surface area contributed by atoms with Crippen LogP contribution in [0, 0.1) is 0 Å². The first kappa shape index (κ1) is 17.5. The van der Waals surface area contributed by atoms with Gasteiger partial charge in [-0.05, 0) is 30.5 Å². The van der Waals surface area contributed by atoms with Gasteiger partial charge in [-0.3, -0.25) is 4.90 Å². The van der Waals surface area contributed by atoms with Gasteiger partial charge in [0.25, 0.3) is 0 Å². The molecule has 138 valence electrons. The number of piperazine rings is 1. The molecule has 0 radical (unpaired) electrons. The molecule has 5 nitrogen and oxygen atoms in total. The molecule has 1 heterocycles. The molecule has 1 unspecified atom stereocenters. The maximum absolute atomic E-state index is 13.5. The van der Waals surface area contributed by atoms with Gasteiger partial charge in [0, 0.05) is 25.7 Å². The van der Waals surface area contributed by atoms with Gasteiger partial charge in [-0.15, -0.1) is 0 Å². The van der Waals surface area contributed by atoms with Crippen LogP contribution in [0.1, 0.15) is 24.4 Å². The Morgan fingerprint density at radius 2 is 1.65 bits per heavy atom. The number of benzene rings is 2. The fourth-order valence-electron chi connectivity index (χ4n) is 3.75. The van der Waals surface area contributed by atoms with Crippen molar-refractivity contribution in [1.82, 2.24) is 9.21 Å². The molecule has 1 atom stereocenters. The van der Waals surface area contributed by atoms with Gasteiger partial charge in [0.05, 0.1) is 13.2 Å². The highest BCUT2D eigenvalue weighted by Gasteiger charge is 2.41. The van der Waals surface area contributed by atoms with Gasteiger partial charge >= 0.3 is 0 Å². The fraction of sp³-hybridized carbons (Fsp3) is 0.400. The van der Waals surface area contributed by atoms with E-state index in [1.165, 1.54) is 20.0 Å². The largest absolute Gasteiger partial charge is 0.495 e. The molecular weight excluding hydrogens is 348 g/mol. The summed E-state index contributed by atoms with van der Waals surface area (Å²) in [5.41, 5.74) is 1.04. The van der Waals surface area contributed by atoms with Gasteiger partial charge in [-0.2, -0.15) is 4.31 Å². The van der Waals surface area contributed by atoms with E-state index in [4.69, 9.17) is 4.74 Å². The van der Waals surface area contributed by atoms with Crippen LogP contribution in [0.5, 0.6) is 5.75 Å². The number of nitrogens with zero attached hydrogens (tertiary/aromatic N) is 2. The van der Waals surface area contributed by atoms with Crippen LogP contribution in [0.4, 0.5) is 0 Å². The van der Waals surface area contributed by atoms with Crippen LogP contribution in [0.2, 0.25) is 0 Å². The molecule has 0 aromatic heterocycles. The summed E-state index contributed by atoms with van der Waals surface area (Å²) in [4.78, 5) is 2.68. The van der Waals surface area contributed by atoms with E-state index in [0.29, 0.717) is 18.3 Å². The Morgan fingerprint density at radius 1 is 0.962 bits per heavy atom. The predicted molar refractivity (Wildman–Crippen MR) is 101 cm³/mol. The summed E-state index contributed by atoms with van der Waals surface area (Å²) in [6, 6.07) is 17.2. The number of hydrogen-bond donors (Lipinski definition) is 0. The second-order valence-corrected chi connectivity index (χ2v) is 8.78. The standard InChI is InChI=1S/C20H24N2O3S/c1-25-19-9-5-6-10-20(19)26(23,24)22-14-13-21(17-11-12-17)15-18(22)16-7-3-2-4-8-16/h2-10,17-18H,11-15H2,1H3. The van der Waals surface area contributed by atoms with Gasteiger partial charge in [0.15, 0.2) is 0 Å². The monoisotopic (exact) mass is 372 g/mol. The van der Waals surface area contributed by atoms with Crippen molar-refractivity contribution in [2.45, 2.75) is 29.8 Å². The van der Waals surface area contributed by atoms with Crippen molar-refractivity contribution in [3.8, 4) is 5.75 Å². The highest BCUT2D eigenvalue weighted by Crippen LogP contribution is 2.37. The Hall–Kier alpha value is -1.89. The second-order valence-electron chi connectivity index (χ2n) is 6.92. The van der Waals surface area contributed by atoms with Crippen LogP contribution >= 0.6 is 0 Å². The number of para-hydroxylation sites is 1. The van der Waals surface area contributed by atoms with Crippen LogP contribution in [0.15, 0.2) is 59.5 Å². The molecule has 0 N–H and O–H groups in total. The van der Waals surface area contributed by atoms with Crippen molar-refractivity contribution in [2.75, 3.05) is 26.7 Å². The quantitative estimate of drug-likeness (QED) is 0.810. The fourth-order valence-corrected chi connectivity index (χ4v) is 5.51. The van der Waals surface area contributed by atoms with Crippen molar-refractivity contribution in [3.05, 3.63) is 60.2 Å². The van der Waals surface area contributed by atoms with Gasteiger partial charge in [0.2, 0.25) is 10.0 Å². The molecule has 26 heavy (non-hydrogen) atoms. The van der Waals surface area contributed by atoms with Crippen LogP contribution in [0.25, 0.3) is 0 Å². The third-order valence-corrected chi connectivity index (χ3v) is 7.21. The Labute approximate surface area is 155 Å². The highest BCUT2D eigenvalue weighted by molar-refractivity contribution is 7.89. The zero-order chi connectivity index (χ0) is 18.1. The van der Waals surface area contributed by atoms with Gasteiger partial charge in [0.1, 0.15) is 10.6 Å². The first-order valence-corrected chi connectivity index (χ1v) is 10.5. The number of methoxy groups -OCH3 is 1. The van der Waals surface area contributed by atoms with E-state index in [0.717, 1.165) is 18.7 Å². The normalized spacial score (nSPS) is 22.3. The van der Waals surface area contributed by atoms with E-state index in [9.17, 15) is 8.42 Å². The van der Waals surface area contributed by atoms with Crippen LogP contribution < -0.4 is 4.74 Å². The van der Waals surface area contributed by atoms with Crippen LogP contribution in [-0.2, 0) is 10.0 Å². The summed E-state index contributed by atoms with van der Waals surface area (Å²) in [6.07, 6.45) is 2.45. The van der Waals surface area contributed by atoms with Crippen molar-refractivity contribution in [2.24, 2.45) is 0 Å². The molecule has 0 bridgehead atoms. The molecule has 2 aliphatic rings. The molecule has 2 aromatic carbocycles. The average Bonchev–Trinajstić information content (AvgIpc) is 3.53. The summed E-state index contributed by atoms with van der Waals surface area (Å²) < 4.78 is 33.9. The Morgan fingerprint density at radius 3 is 2.35 bits per heavy atom. The molecule has 1 saturated carbocycles. The summed E-state index contributed by atoms with van der Waals surface area (Å²) in [7, 11) is -2.14. The van der Waals surface area contributed by atoms with Crippen molar-refractivity contribution in [1.29, 1.82) is 0 Å². The highest BCUT2D eigenvalue weighted by atomic mass is 32.2. The minimum atomic E-state index is -3.65. The van der Waals surface area contributed by atoms with Crippen molar-refractivity contribution < 1.29 is 13.2 Å². The van der Waals surface area contributed by atoms with Gasteiger partial charge < -0.3 is 4.74 Å². The van der Waals surface area contributed by atoms with E-state index in [1.807, 2.05) is 30.3 Å². The third-order valence-electron chi connectivity index (χ3n) is 5.27. The maximum atomic E-state index is 13.5. The molecule has 2 aromatic rings. The van der Waals surface area contributed by atoms with E-state index in [1.54, 1.807) is 28.6 Å². The number of rotatable bonds is 5. The summed E-state index contributed by atoms with van der Waals surface area (Å²) >= 11 is 0. The molecule has 0 spiro atoms. The molecule has 1 aliphatic heterocycles. The van der Waals surface area contributed by atoms with E-state index < -0.39 is 10.0 Å². The Bertz CT molecular complexity index is 866.